The largest absolute Gasteiger partial charge is 0.460 e. The van der Waals surface area contributed by atoms with Crippen LogP contribution in [0.25, 0.3) is 0 Å². The molecule has 3 aromatic rings. The quantitative estimate of drug-likeness (QED) is 0.156. The van der Waals surface area contributed by atoms with Crippen LogP contribution in [-0.4, -0.2) is 50.8 Å². The van der Waals surface area contributed by atoms with Crippen LogP contribution in [0.3, 0.4) is 0 Å². The molecule has 0 saturated heterocycles. The molecule has 0 bridgehead atoms. The monoisotopic (exact) mass is 607 g/mol. The smallest absolute Gasteiger partial charge is 0.407 e. The van der Waals surface area contributed by atoms with Gasteiger partial charge in [-0.1, -0.05) is 112 Å². The van der Waals surface area contributed by atoms with Gasteiger partial charge in [-0.2, -0.15) is 0 Å². The summed E-state index contributed by atoms with van der Waals surface area (Å²) >= 11 is 0. The van der Waals surface area contributed by atoms with Gasteiger partial charge in [-0.05, 0) is 34.8 Å². The number of aliphatic hydroxyl groups excluding tert-OH is 1. The number of amides is 1. The summed E-state index contributed by atoms with van der Waals surface area (Å²) in [5.41, 5.74) is 2.55. The van der Waals surface area contributed by atoms with Crippen molar-refractivity contribution in [1.82, 2.24) is 5.32 Å². The van der Waals surface area contributed by atoms with Crippen LogP contribution in [0.4, 0.5) is 4.79 Å². The molecular weight excluding hydrogens is 562 g/mol. The van der Waals surface area contributed by atoms with Gasteiger partial charge in [0, 0.05) is 6.54 Å². The molecule has 3 atom stereocenters. The number of alkyl carbamates (subject to hydrolysis) is 1. The average Bonchev–Trinajstić information content (AvgIpc) is 3.00. The van der Waals surface area contributed by atoms with Crippen molar-refractivity contribution in [3.8, 4) is 0 Å². The summed E-state index contributed by atoms with van der Waals surface area (Å²) in [7, 11) is -2.22. The van der Waals surface area contributed by atoms with E-state index in [1.807, 2.05) is 91.0 Å². The summed E-state index contributed by atoms with van der Waals surface area (Å²) in [4.78, 5) is 26.0. The maximum atomic E-state index is 13.4. The molecule has 0 fully saturated rings. The van der Waals surface area contributed by atoms with Crippen molar-refractivity contribution >= 4 is 20.4 Å². The Morgan fingerprint density at radius 2 is 1.23 bits per heavy atom. The molecule has 0 aliphatic heterocycles. The Morgan fingerprint density at radius 1 is 0.767 bits per heavy atom. The van der Waals surface area contributed by atoms with E-state index in [0.29, 0.717) is 0 Å². The molecule has 0 saturated carbocycles. The second-order valence-corrected chi connectivity index (χ2v) is 16.8. The number of esters is 1. The molecular formula is C34H45NO7Si. The number of aliphatic hydroxyl groups is 1. The van der Waals surface area contributed by atoms with Crippen LogP contribution in [-0.2, 0) is 43.3 Å². The van der Waals surface area contributed by atoms with Crippen LogP contribution in [0.2, 0.25) is 18.1 Å². The molecule has 0 spiro atoms. The number of carbonyl (C=O) groups excluding carboxylic acids is 2. The number of carbonyl (C=O) groups is 2. The molecule has 0 heterocycles. The Bertz CT molecular complexity index is 1250. The molecule has 8 nitrogen and oxygen atoms in total. The van der Waals surface area contributed by atoms with Crippen molar-refractivity contribution in [3.05, 3.63) is 108 Å². The van der Waals surface area contributed by atoms with Crippen LogP contribution >= 0.6 is 0 Å². The van der Waals surface area contributed by atoms with E-state index in [1.165, 1.54) is 0 Å². The lowest BCUT2D eigenvalue weighted by Crippen LogP contribution is -2.50. The van der Waals surface area contributed by atoms with Crippen molar-refractivity contribution in [3.63, 3.8) is 0 Å². The Hall–Kier alpha value is -3.50. The molecule has 0 unspecified atom stereocenters. The van der Waals surface area contributed by atoms with E-state index in [4.69, 9.17) is 18.6 Å². The zero-order valence-corrected chi connectivity index (χ0v) is 26.8. The van der Waals surface area contributed by atoms with Gasteiger partial charge in [0.05, 0.1) is 19.3 Å². The summed E-state index contributed by atoms with van der Waals surface area (Å²) in [6.45, 7) is 10.8. The van der Waals surface area contributed by atoms with Crippen LogP contribution in [0.15, 0.2) is 91.0 Å². The number of benzene rings is 3. The fraction of sp³-hybridized carbons (Fsp3) is 0.412. The van der Waals surface area contributed by atoms with E-state index < -0.39 is 38.5 Å². The van der Waals surface area contributed by atoms with Gasteiger partial charge in [-0.25, -0.2) is 4.79 Å². The average molecular weight is 608 g/mol. The second-order valence-electron chi connectivity index (χ2n) is 12.0. The first-order valence-electron chi connectivity index (χ1n) is 14.6. The first kappa shape index (κ1) is 34.0. The third-order valence-corrected chi connectivity index (χ3v) is 12.2. The zero-order valence-electron chi connectivity index (χ0n) is 25.8. The lowest BCUT2D eigenvalue weighted by molar-refractivity contribution is -0.160. The van der Waals surface area contributed by atoms with Crippen molar-refractivity contribution in [2.75, 3.05) is 13.2 Å². The second kappa shape index (κ2) is 16.4. The molecule has 3 rings (SSSR count). The van der Waals surface area contributed by atoms with Gasteiger partial charge >= 0.3 is 12.1 Å². The first-order valence-corrected chi connectivity index (χ1v) is 17.5. The summed E-state index contributed by atoms with van der Waals surface area (Å²) in [6.07, 6.45) is -2.92. The number of hydrogen-bond donors (Lipinski definition) is 2. The van der Waals surface area contributed by atoms with Gasteiger partial charge in [0.1, 0.15) is 25.2 Å². The Labute approximate surface area is 256 Å². The maximum Gasteiger partial charge on any atom is 0.407 e. The summed E-state index contributed by atoms with van der Waals surface area (Å²) in [6, 6.07) is 28.1. The van der Waals surface area contributed by atoms with Crippen LogP contribution in [0.5, 0.6) is 0 Å². The number of ether oxygens (including phenoxy) is 3. The Kier molecular flexibility index (Phi) is 12.9. The summed E-state index contributed by atoms with van der Waals surface area (Å²) < 4.78 is 23.6. The van der Waals surface area contributed by atoms with Crippen LogP contribution < -0.4 is 5.32 Å². The Morgan fingerprint density at radius 3 is 1.72 bits per heavy atom. The third-order valence-electron chi connectivity index (χ3n) is 7.72. The van der Waals surface area contributed by atoms with E-state index in [1.54, 1.807) is 0 Å². The van der Waals surface area contributed by atoms with E-state index in [0.717, 1.165) is 16.7 Å². The van der Waals surface area contributed by atoms with Crippen molar-refractivity contribution in [2.45, 2.75) is 70.9 Å². The highest BCUT2D eigenvalue weighted by Crippen LogP contribution is 2.37. The van der Waals surface area contributed by atoms with Gasteiger partial charge < -0.3 is 29.1 Å². The normalized spacial score (nSPS) is 13.9. The first-order chi connectivity index (χ1) is 20.5. The van der Waals surface area contributed by atoms with Gasteiger partial charge in [0.2, 0.25) is 0 Å². The standard InChI is InChI=1S/C34H45NO7Si/c1-34(2,3)43(4,5)42-25-30(39-22-26-15-9-6-10-16-26)31(36)29(32(37)40-23-27-17-11-7-12-18-27)21-35-33(38)41-24-28-19-13-8-14-20-28/h6-20,29-31,36H,21-25H2,1-5H3,(H,35,38)/t29-,30-,31+/m1/s1. The minimum atomic E-state index is -2.22. The molecule has 1 amide bonds. The van der Waals surface area contributed by atoms with Gasteiger partial charge in [0.25, 0.3) is 0 Å². The molecule has 232 valence electrons. The molecule has 2 N–H and O–H groups in total. The van der Waals surface area contributed by atoms with E-state index in [9.17, 15) is 14.7 Å². The predicted octanol–water partition coefficient (Wildman–Crippen LogP) is 6.24. The SMILES string of the molecule is CC(C)(C)[Si](C)(C)OC[C@@H](OCc1ccccc1)[C@@H](O)[C@@H](CNC(=O)OCc1ccccc1)C(=O)OCc1ccccc1. The number of hydrogen-bond acceptors (Lipinski definition) is 7. The topological polar surface area (TPSA) is 103 Å². The predicted molar refractivity (Wildman–Crippen MR) is 169 cm³/mol. The molecule has 9 heteroatoms. The molecule has 3 aromatic carbocycles. The minimum absolute atomic E-state index is 0.0252. The van der Waals surface area contributed by atoms with Crippen molar-refractivity contribution in [1.29, 1.82) is 0 Å². The molecule has 43 heavy (non-hydrogen) atoms. The molecule has 0 aliphatic carbocycles. The Balaban J connectivity index is 1.76. The zero-order chi connectivity index (χ0) is 31.3. The number of nitrogens with one attached hydrogen (secondary N) is 1. The van der Waals surface area contributed by atoms with E-state index >= 15 is 0 Å². The summed E-state index contributed by atoms with van der Waals surface area (Å²) in [5, 5.41) is 14.2. The van der Waals surface area contributed by atoms with Crippen LogP contribution in [0, 0.1) is 5.92 Å². The maximum absolute atomic E-state index is 13.4. The van der Waals surface area contributed by atoms with E-state index in [-0.39, 0.29) is 38.0 Å². The number of rotatable bonds is 15. The highest BCUT2D eigenvalue weighted by atomic mass is 28.4. The lowest BCUT2D eigenvalue weighted by Gasteiger charge is -2.38. The van der Waals surface area contributed by atoms with E-state index in [2.05, 4.69) is 39.2 Å². The molecule has 0 radical (unpaired) electrons. The lowest BCUT2D eigenvalue weighted by atomic mass is 9.97. The minimum Gasteiger partial charge on any atom is -0.460 e. The van der Waals surface area contributed by atoms with Crippen LogP contribution in [0.1, 0.15) is 37.5 Å². The van der Waals surface area contributed by atoms with Gasteiger partial charge in [-0.15, -0.1) is 0 Å². The molecule has 0 aliphatic rings. The molecule has 0 aromatic heterocycles. The van der Waals surface area contributed by atoms with Gasteiger partial charge in [0.15, 0.2) is 8.32 Å². The third kappa shape index (κ3) is 11.3. The van der Waals surface area contributed by atoms with Gasteiger partial charge in [-0.3, -0.25) is 4.79 Å². The highest BCUT2D eigenvalue weighted by molar-refractivity contribution is 6.74. The van der Waals surface area contributed by atoms with Crippen molar-refractivity contribution in [2.24, 2.45) is 5.92 Å². The summed E-state index contributed by atoms with van der Waals surface area (Å²) in [5.74, 6) is -1.81. The highest BCUT2D eigenvalue weighted by Gasteiger charge is 2.40. The fourth-order valence-electron chi connectivity index (χ4n) is 3.94. The fourth-order valence-corrected chi connectivity index (χ4v) is 4.95. The van der Waals surface area contributed by atoms with Crippen molar-refractivity contribution < 1.29 is 33.3 Å².